The van der Waals surface area contributed by atoms with Crippen molar-refractivity contribution < 1.29 is 13.9 Å². The van der Waals surface area contributed by atoms with Crippen LogP contribution in [-0.2, 0) is 11.3 Å². The summed E-state index contributed by atoms with van der Waals surface area (Å²) in [5.41, 5.74) is 8.79. The van der Waals surface area contributed by atoms with E-state index in [1.54, 1.807) is 43.8 Å². The molecule has 3 rings (SSSR count). The minimum Gasteiger partial charge on any atom is -0.496 e. The number of hydrogen-bond acceptors (Lipinski definition) is 5. The predicted molar refractivity (Wildman–Crippen MR) is 124 cm³/mol. The van der Waals surface area contributed by atoms with Crippen LogP contribution in [0.4, 0.5) is 4.39 Å². The van der Waals surface area contributed by atoms with Crippen molar-refractivity contribution in [3.8, 4) is 17.0 Å². The van der Waals surface area contributed by atoms with Gasteiger partial charge in [-0.25, -0.2) is 4.39 Å². The number of nitrogens with two attached hydrogens (primary N) is 1. The molecule has 3 aromatic rings. The molecular formula is C23H27ClFN3O2S. The second-order valence-electron chi connectivity index (χ2n) is 7.07. The zero-order valence-corrected chi connectivity index (χ0v) is 19.3. The number of benzene rings is 2. The first kappa shape index (κ1) is 23.5. The van der Waals surface area contributed by atoms with Crippen molar-refractivity contribution in [2.45, 2.75) is 25.4 Å². The van der Waals surface area contributed by atoms with Crippen LogP contribution in [0.25, 0.3) is 11.3 Å². The quantitative estimate of drug-likeness (QED) is 0.458. The number of nitrogens with zero attached hydrogens (tertiary/aromatic N) is 2. The first-order valence-electron chi connectivity index (χ1n) is 10.0. The maximum absolute atomic E-state index is 13.5. The molecule has 1 atom stereocenters. The third-order valence-electron chi connectivity index (χ3n) is 5.04. The van der Waals surface area contributed by atoms with Gasteiger partial charge in [-0.2, -0.15) is 0 Å². The fraction of sp³-hybridized carbons (Fsp3) is 0.348. The molecule has 0 saturated heterocycles. The number of thiazole rings is 1. The van der Waals surface area contributed by atoms with Gasteiger partial charge >= 0.3 is 0 Å². The molecule has 0 fully saturated rings. The minimum atomic E-state index is -0.261. The summed E-state index contributed by atoms with van der Waals surface area (Å²) in [5, 5.41) is 2.68. The number of aromatic nitrogens is 1. The van der Waals surface area contributed by atoms with Gasteiger partial charge < -0.3 is 19.8 Å². The molecule has 0 amide bonds. The normalized spacial score (nSPS) is 12.9. The van der Waals surface area contributed by atoms with Crippen molar-refractivity contribution in [2.24, 2.45) is 10.7 Å². The smallest absolute Gasteiger partial charge is 0.185 e. The first-order chi connectivity index (χ1) is 15.1. The molecule has 1 heterocycles. The number of rotatable bonds is 10. The summed E-state index contributed by atoms with van der Waals surface area (Å²) in [6.45, 7) is 1.61. The van der Waals surface area contributed by atoms with E-state index in [-0.39, 0.29) is 11.9 Å². The van der Waals surface area contributed by atoms with Crippen LogP contribution in [0.1, 0.15) is 24.4 Å². The lowest BCUT2D eigenvalue weighted by Gasteiger charge is -2.21. The fourth-order valence-electron chi connectivity index (χ4n) is 3.47. The van der Waals surface area contributed by atoms with Crippen LogP contribution < -0.4 is 15.3 Å². The van der Waals surface area contributed by atoms with Gasteiger partial charge in [0.05, 0.1) is 19.3 Å². The molecule has 0 radical (unpaired) electrons. The van der Waals surface area contributed by atoms with Gasteiger partial charge in [-0.1, -0.05) is 17.7 Å². The van der Waals surface area contributed by atoms with Gasteiger partial charge in [0.2, 0.25) is 0 Å². The third-order valence-corrected chi connectivity index (χ3v) is 6.15. The molecule has 8 heteroatoms. The third kappa shape index (κ3) is 5.95. The SMILES string of the molecule is COCCC(CCN)n1c(-c2ccc(F)cc2)csc1=NCc1ccc(Cl)cc1OC. The van der Waals surface area contributed by atoms with E-state index in [1.165, 1.54) is 12.1 Å². The van der Waals surface area contributed by atoms with E-state index in [4.69, 9.17) is 31.8 Å². The van der Waals surface area contributed by atoms with Gasteiger partial charge in [-0.3, -0.25) is 4.99 Å². The highest BCUT2D eigenvalue weighted by atomic mass is 35.5. The first-order valence-corrected chi connectivity index (χ1v) is 11.3. The molecule has 0 spiro atoms. The Morgan fingerprint density at radius 1 is 1.16 bits per heavy atom. The van der Waals surface area contributed by atoms with Gasteiger partial charge in [0, 0.05) is 35.7 Å². The molecule has 0 aliphatic heterocycles. The van der Waals surface area contributed by atoms with Crippen molar-refractivity contribution in [3.63, 3.8) is 0 Å². The second-order valence-corrected chi connectivity index (χ2v) is 8.34. The Kier molecular flexibility index (Phi) is 8.66. The molecule has 0 aliphatic carbocycles. The molecule has 0 bridgehead atoms. The van der Waals surface area contributed by atoms with Crippen LogP contribution in [-0.4, -0.2) is 31.9 Å². The Labute approximate surface area is 190 Å². The van der Waals surface area contributed by atoms with Crippen molar-refractivity contribution in [2.75, 3.05) is 27.4 Å². The molecule has 2 N–H and O–H groups in total. The van der Waals surface area contributed by atoms with E-state index < -0.39 is 0 Å². The Bertz CT molecular complexity index is 1050. The zero-order valence-electron chi connectivity index (χ0n) is 17.7. The van der Waals surface area contributed by atoms with Crippen LogP contribution in [0.3, 0.4) is 0 Å². The largest absolute Gasteiger partial charge is 0.496 e. The second kappa shape index (κ2) is 11.4. The minimum absolute atomic E-state index is 0.113. The van der Waals surface area contributed by atoms with Crippen LogP contribution in [0.15, 0.2) is 52.8 Å². The standard InChI is InChI=1S/C23H27ClFN3O2S/c1-29-12-10-20(9-11-26)28-21(16-4-7-19(25)8-5-16)15-31-23(28)27-14-17-3-6-18(24)13-22(17)30-2/h3-8,13,15,20H,9-12,14,26H2,1-2H3. The van der Waals surface area contributed by atoms with Crippen molar-refractivity contribution in [3.05, 3.63) is 69.0 Å². The van der Waals surface area contributed by atoms with Crippen LogP contribution in [0.2, 0.25) is 5.02 Å². The van der Waals surface area contributed by atoms with Crippen molar-refractivity contribution >= 4 is 22.9 Å². The Hall–Kier alpha value is -2.19. The van der Waals surface area contributed by atoms with E-state index in [0.717, 1.165) is 34.5 Å². The lowest BCUT2D eigenvalue weighted by atomic mass is 10.1. The highest BCUT2D eigenvalue weighted by Crippen LogP contribution is 2.27. The number of halogens is 2. The molecule has 1 aromatic heterocycles. The summed E-state index contributed by atoms with van der Waals surface area (Å²) >= 11 is 7.63. The zero-order chi connectivity index (χ0) is 22.2. The van der Waals surface area contributed by atoms with E-state index in [9.17, 15) is 4.39 Å². The maximum Gasteiger partial charge on any atom is 0.185 e. The molecule has 5 nitrogen and oxygen atoms in total. The van der Waals surface area contributed by atoms with Crippen LogP contribution in [0, 0.1) is 5.82 Å². The van der Waals surface area contributed by atoms with Gasteiger partial charge in [0.15, 0.2) is 4.80 Å². The Morgan fingerprint density at radius 2 is 1.94 bits per heavy atom. The molecule has 31 heavy (non-hydrogen) atoms. The topological polar surface area (TPSA) is 61.8 Å². The van der Waals surface area contributed by atoms with E-state index in [1.807, 2.05) is 12.1 Å². The van der Waals surface area contributed by atoms with E-state index in [2.05, 4.69) is 9.95 Å². The maximum atomic E-state index is 13.5. The summed E-state index contributed by atoms with van der Waals surface area (Å²) in [6.07, 6.45) is 1.59. The van der Waals surface area contributed by atoms with E-state index >= 15 is 0 Å². The molecule has 166 valence electrons. The Balaban J connectivity index is 2.06. The van der Waals surface area contributed by atoms with Crippen LogP contribution >= 0.6 is 22.9 Å². The number of methoxy groups -OCH3 is 2. The molecule has 0 aliphatic rings. The summed E-state index contributed by atoms with van der Waals surface area (Å²) in [6, 6.07) is 12.2. The van der Waals surface area contributed by atoms with Crippen LogP contribution in [0.5, 0.6) is 5.75 Å². The highest BCUT2D eigenvalue weighted by Gasteiger charge is 2.18. The summed E-state index contributed by atoms with van der Waals surface area (Å²) in [5.74, 6) is 0.444. The number of hydrogen-bond donors (Lipinski definition) is 1. The molecule has 0 saturated carbocycles. The predicted octanol–water partition coefficient (Wildman–Crippen LogP) is 5.05. The Morgan fingerprint density at radius 3 is 2.61 bits per heavy atom. The summed E-state index contributed by atoms with van der Waals surface area (Å²) in [7, 11) is 3.31. The monoisotopic (exact) mass is 463 g/mol. The lowest BCUT2D eigenvalue weighted by Crippen LogP contribution is -2.25. The summed E-state index contributed by atoms with van der Waals surface area (Å²) in [4.78, 5) is 5.76. The fourth-order valence-corrected chi connectivity index (χ4v) is 4.60. The average Bonchev–Trinajstić information content (AvgIpc) is 3.20. The van der Waals surface area contributed by atoms with Gasteiger partial charge in [-0.15, -0.1) is 11.3 Å². The van der Waals surface area contributed by atoms with Gasteiger partial charge in [0.1, 0.15) is 11.6 Å². The summed E-state index contributed by atoms with van der Waals surface area (Å²) < 4.78 is 26.5. The molecular weight excluding hydrogens is 437 g/mol. The van der Waals surface area contributed by atoms with Crippen molar-refractivity contribution in [1.29, 1.82) is 0 Å². The molecule has 1 unspecified atom stereocenters. The molecule has 2 aromatic carbocycles. The van der Waals surface area contributed by atoms with Gasteiger partial charge in [-0.05, 0) is 61.3 Å². The van der Waals surface area contributed by atoms with Gasteiger partial charge in [0.25, 0.3) is 0 Å². The number of ether oxygens (including phenoxy) is 2. The average molecular weight is 464 g/mol. The highest BCUT2D eigenvalue weighted by molar-refractivity contribution is 7.07. The van der Waals surface area contributed by atoms with Crippen molar-refractivity contribution in [1.82, 2.24) is 4.57 Å². The lowest BCUT2D eigenvalue weighted by molar-refractivity contribution is 0.176. The van der Waals surface area contributed by atoms with E-state index in [0.29, 0.717) is 30.5 Å².